The quantitative estimate of drug-likeness (QED) is 0.545. The Labute approximate surface area is 194 Å². The third-order valence-electron chi connectivity index (χ3n) is 4.94. The van der Waals surface area contributed by atoms with Gasteiger partial charge in [-0.2, -0.15) is 0 Å². The van der Waals surface area contributed by atoms with Gasteiger partial charge in [0.25, 0.3) is 11.1 Å². The normalized spacial score (nSPS) is 15.0. The number of amides is 3. The van der Waals surface area contributed by atoms with Crippen LogP contribution in [0, 0.1) is 13.8 Å². The second-order valence-corrected chi connectivity index (χ2v) is 8.60. The maximum Gasteiger partial charge on any atom is 0.294 e. The zero-order chi connectivity index (χ0) is 22.8. The van der Waals surface area contributed by atoms with Gasteiger partial charge >= 0.3 is 0 Å². The molecule has 2 aromatic heterocycles. The molecule has 0 atom stereocenters. The molecule has 1 saturated heterocycles. The monoisotopic (exact) mass is 466 g/mol. The summed E-state index contributed by atoms with van der Waals surface area (Å²) in [5.74, 6) is -0.188. The van der Waals surface area contributed by atoms with Gasteiger partial charge in [-0.05, 0) is 79.7 Å². The highest BCUT2D eigenvalue weighted by atomic mass is 35.5. The zero-order valence-electron chi connectivity index (χ0n) is 17.3. The van der Waals surface area contributed by atoms with E-state index in [0.717, 1.165) is 39.4 Å². The summed E-state index contributed by atoms with van der Waals surface area (Å²) in [6.07, 6.45) is 3.40. The van der Waals surface area contributed by atoms with Gasteiger partial charge in [0.15, 0.2) is 0 Å². The van der Waals surface area contributed by atoms with Crippen molar-refractivity contribution in [2.45, 2.75) is 13.8 Å². The molecule has 0 unspecified atom stereocenters. The molecule has 162 valence electrons. The van der Waals surface area contributed by atoms with Crippen LogP contribution in [-0.2, 0) is 9.59 Å². The third-order valence-corrected chi connectivity index (χ3v) is 6.10. The van der Waals surface area contributed by atoms with Crippen molar-refractivity contribution in [2.75, 3.05) is 11.9 Å². The molecule has 0 aliphatic carbocycles. The van der Waals surface area contributed by atoms with E-state index in [4.69, 9.17) is 11.6 Å². The van der Waals surface area contributed by atoms with Crippen LogP contribution in [0.2, 0.25) is 5.02 Å². The van der Waals surface area contributed by atoms with E-state index in [0.29, 0.717) is 10.7 Å². The number of hydrogen-bond donors (Lipinski definition) is 1. The number of anilines is 1. The summed E-state index contributed by atoms with van der Waals surface area (Å²) < 4.78 is 1.98. The maximum absolute atomic E-state index is 12.8. The fourth-order valence-corrected chi connectivity index (χ4v) is 4.38. The summed E-state index contributed by atoms with van der Waals surface area (Å²) in [5, 5.41) is 2.72. The van der Waals surface area contributed by atoms with Gasteiger partial charge in [-0.25, -0.2) is 4.98 Å². The van der Waals surface area contributed by atoms with E-state index >= 15 is 0 Å². The molecule has 9 heteroatoms. The van der Waals surface area contributed by atoms with Crippen LogP contribution >= 0.6 is 23.4 Å². The number of imide groups is 1. The van der Waals surface area contributed by atoms with Gasteiger partial charge < -0.3 is 9.88 Å². The Kier molecular flexibility index (Phi) is 6.16. The van der Waals surface area contributed by atoms with Crippen LogP contribution in [0.25, 0.3) is 11.9 Å². The van der Waals surface area contributed by atoms with Crippen molar-refractivity contribution < 1.29 is 14.4 Å². The molecule has 0 radical (unpaired) electrons. The molecule has 7 nitrogen and oxygen atoms in total. The van der Waals surface area contributed by atoms with Crippen molar-refractivity contribution in [1.29, 1.82) is 0 Å². The number of carbonyl (C=O) groups is 3. The summed E-state index contributed by atoms with van der Waals surface area (Å²) in [5.41, 5.74) is 3.19. The Morgan fingerprint density at radius 3 is 2.59 bits per heavy atom. The Balaban J connectivity index is 1.51. The first-order valence-electron chi connectivity index (χ1n) is 9.74. The minimum absolute atomic E-state index is 0.274. The molecule has 32 heavy (non-hydrogen) atoms. The fourth-order valence-electron chi connectivity index (χ4n) is 3.43. The fraction of sp³-hybridized carbons (Fsp3) is 0.130. The highest BCUT2D eigenvalue weighted by Crippen LogP contribution is 2.33. The SMILES string of the molecule is Cc1cc(/C=C2\SC(=O)N(CC(=O)Nc3ccc(Cl)cc3)C2=O)c(C)n1-c1ccccn1. The molecule has 3 heterocycles. The van der Waals surface area contributed by atoms with Crippen LogP contribution < -0.4 is 5.32 Å². The van der Waals surface area contributed by atoms with Gasteiger partial charge in [-0.3, -0.25) is 19.3 Å². The highest BCUT2D eigenvalue weighted by molar-refractivity contribution is 8.18. The summed E-state index contributed by atoms with van der Waals surface area (Å²) in [6.45, 7) is 3.51. The molecule has 1 aromatic carbocycles. The minimum atomic E-state index is -0.492. The average Bonchev–Trinajstić information content (AvgIpc) is 3.19. The van der Waals surface area contributed by atoms with Gasteiger partial charge in [0.2, 0.25) is 5.91 Å². The van der Waals surface area contributed by atoms with Gasteiger partial charge in [-0.15, -0.1) is 0 Å². The molecule has 4 rings (SSSR count). The molecule has 1 aliphatic heterocycles. The number of halogens is 1. The lowest BCUT2D eigenvalue weighted by Gasteiger charge is -2.12. The van der Waals surface area contributed by atoms with Crippen molar-refractivity contribution in [1.82, 2.24) is 14.5 Å². The number of thioether (sulfide) groups is 1. The highest BCUT2D eigenvalue weighted by Gasteiger charge is 2.36. The number of carbonyl (C=O) groups excluding carboxylic acids is 3. The van der Waals surface area contributed by atoms with E-state index in [2.05, 4.69) is 10.3 Å². The number of pyridine rings is 1. The first-order chi connectivity index (χ1) is 15.3. The molecule has 0 saturated carbocycles. The summed E-state index contributed by atoms with van der Waals surface area (Å²) in [4.78, 5) is 43.2. The lowest BCUT2D eigenvalue weighted by Crippen LogP contribution is -2.36. The van der Waals surface area contributed by atoms with Gasteiger partial charge in [0, 0.05) is 28.3 Å². The first kappa shape index (κ1) is 21.9. The minimum Gasteiger partial charge on any atom is -0.325 e. The van der Waals surface area contributed by atoms with Crippen molar-refractivity contribution in [3.63, 3.8) is 0 Å². The van der Waals surface area contributed by atoms with Crippen LogP contribution in [-0.4, -0.2) is 38.0 Å². The van der Waals surface area contributed by atoms with E-state index in [-0.39, 0.29) is 11.4 Å². The number of benzene rings is 1. The predicted molar refractivity (Wildman–Crippen MR) is 126 cm³/mol. The topological polar surface area (TPSA) is 84.3 Å². The summed E-state index contributed by atoms with van der Waals surface area (Å²) >= 11 is 6.66. The molecule has 0 bridgehead atoms. The standard InChI is InChI=1S/C23H19ClN4O3S/c1-14-11-16(15(2)28(14)20-5-3-4-10-25-20)12-19-22(30)27(23(31)32-19)13-21(29)26-18-8-6-17(24)7-9-18/h3-12H,13H2,1-2H3,(H,26,29)/b19-12-. The van der Waals surface area contributed by atoms with E-state index in [9.17, 15) is 14.4 Å². The van der Waals surface area contributed by atoms with Crippen LogP contribution in [0.1, 0.15) is 17.0 Å². The van der Waals surface area contributed by atoms with Crippen molar-refractivity contribution in [3.8, 4) is 5.82 Å². The first-order valence-corrected chi connectivity index (χ1v) is 10.9. The second-order valence-electron chi connectivity index (χ2n) is 7.17. The lowest BCUT2D eigenvalue weighted by atomic mass is 10.2. The van der Waals surface area contributed by atoms with Crippen molar-refractivity contribution in [3.05, 3.63) is 81.6 Å². The lowest BCUT2D eigenvalue weighted by molar-refractivity contribution is -0.127. The second kappa shape index (κ2) is 9.02. The number of hydrogen-bond acceptors (Lipinski definition) is 5. The van der Waals surface area contributed by atoms with E-state index in [1.807, 2.05) is 42.7 Å². The molecule has 1 aliphatic rings. The maximum atomic E-state index is 12.8. The van der Waals surface area contributed by atoms with E-state index < -0.39 is 17.1 Å². The predicted octanol–water partition coefficient (Wildman–Crippen LogP) is 4.82. The largest absolute Gasteiger partial charge is 0.325 e. The number of nitrogens with zero attached hydrogens (tertiary/aromatic N) is 3. The average molecular weight is 467 g/mol. The zero-order valence-corrected chi connectivity index (χ0v) is 18.9. The summed E-state index contributed by atoms with van der Waals surface area (Å²) in [7, 11) is 0. The number of aromatic nitrogens is 2. The number of rotatable bonds is 5. The molecular weight excluding hydrogens is 448 g/mol. The Bertz CT molecular complexity index is 1240. The van der Waals surface area contributed by atoms with Crippen LogP contribution in [0.15, 0.2) is 59.6 Å². The Morgan fingerprint density at radius 1 is 1.16 bits per heavy atom. The van der Waals surface area contributed by atoms with Gasteiger partial charge in [0.05, 0.1) is 4.91 Å². The van der Waals surface area contributed by atoms with Crippen molar-refractivity contribution >= 4 is 52.2 Å². The molecule has 3 amide bonds. The smallest absolute Gasteiger partial charge is 0.294 e. The van der Waals surface area contributed by atoms with E-state index in [1.165, 1.54) is 0 Å². The molecule has 3 aromatic rings. The number of aryl methyl sites for hydroxylation is 1. The molecule has 1 N–H and O–H groups in total. The summed E-state index contributed by atoms with van der Waals surface area (Å²) in [6, 6.07) is 14.2. The molecule has 1 fully saturated rings. The molecular formula is C23H19ClN4O3S. The van der Waals surface area contributed by atoms with E-state index in [1.54, 1.807) is 36.5 Å². The van der Waals surface area contributed by atoms with Crippen LogP contribution in [0.4, 0.5) is 10.5 Å². The van der Waals surface area contributed by atoms with Crippen molar-refractivity contribution in [2.24, 2.45) is 0 Å². The Morgan fingerprint density at radius 2 is 1.91 bits per heavy atom. The Hall–Kier alpha value is -3.36. The van der Waals surface area contributed by atoms with Gasteiger partial charge in [-0.1, -0.05) is 17.7 Å². The van der Waals surface area contributed by atoms with Crippen LogP contribution in [0.5, 0.6) is 0 Å². The number of nitrogens with one attached hydrogen (secondary N) is 1. The third kappa shape index (κ3) is 4.46. The van der Waals surface area contributed by atoms with Gasteiger partial charge in [0.1, 0.15) is 12.4 Å². The van der Waals surface area contributed by atoms with Crippen LogP contribution in [0.3, 0.4) is 0 Å². The molecule has 0 spiro atoms.